The monoisotopic (exact) mass is 160 g/mol. The number of aromatic nitrogens is 3. The van der Waals surface area contributed by atoms with Crippen molar-refractivity contribution in [2.45, 2.75) is 6.92 Å². The van der Waals surface area contributed by atoms with E-state index in [0.29, 0.717) is 5.82 Å². The summed E-state index contributed by atoms with van der Waals surface area (Å²) >= 11 is 0. The van der Waals surface area contributed by atoms with Crippen LogP contribution in [0.1, 0.15) is 5.56 Å². The summed E-state index contributed by atoms with van der Waals surface area (Å²) in [4.78, 5) is 12.0. The van der Waals surface area contributed by atoms with E-state index < -0.39 is 0 Å². The Morgan fingerprint density at radius 3 is 2.83 bits per heavy atom. The Balaban J connectivity index is 2.95. The van der Waals surface area contributed by atoms with E-state index in [2.05, 4.69) is 15.0 Å². The van der Waals surface area contributed by atoms with Gasteiger partial charge in [-0.2, -0.15) is 0 Å². The first kappa shape index (κ1) is 6.97. The summed E-state index contributed by atoms with van der Waals surface area (Å²) in [5.74, 6) is 0.483. The van der Waals surface area contributed by atoms with Crippen molar-refractivity contribution in [3.8, 4) is 0 Å². The predicted molar refractivity (Wildman–Crippen MR) is 46.5 cm³/mol. The zero-order valence-corrected chi connectivity index (χ0v) is 6.65. The first-order valence-corrected chi connectivity index (χ1v) is 3.60. The van der Waals surface area contributed by atoms with Crippen LogP contribution in [0, 0.1) is 6.92 Å². The van der Waals surface area contributed by atoms with Crippen molar-refractivity contribution in [1.82, 2.24) is 15.0 Å². The summed E-state index contributed by atoms with van der Waals surface area (Å²) in [6, 6.07) is 0. The summed E-state index contributed by atoms with van der Waals surface area (Å²) in [6.45, 7) is 1.95. The molecule has 0 aliphatic rings. The molecule has 0 amide bonds. The van der Waals surface area contributed by atoms with Gasteiger partial charge in [0.25, 0.3) is 0 Å². The molecule has 0 bridgehead atoms. The van der Waals surface area contributed by atoms with E-state index in [1.54, 1.807) is 12.4 Å². The molecule has 0 unspecified atom stereocenters. The number of hydrogen-bond donors (Lipinski definition) is 1. The molecular weight excluding hydrogens is 152 g/mol. The third kappa shape index (κ3) is 0.887. The van der Waals surface area contributed by atoms with Crippen molar-refractivity contribution < 1.29 is 0 Å². The number of nitrogens with two attached hydrogens (primary N) is 1. The minimum atomic E-state index is 0.483. The molecule has 0 saturated carbocycles. The van der Waals surface area contributed by atoms with Crippen LogP contribution in [-0.2, 0) is 0 Å². The minimum absolute atomic E-state index is 0.483. The highest BCUT2D eigenvalue weighted by molar-refractivity contribution is 5.88. The SMILES string of the molecule is Cc1cnc(N)c2cncnc12. The van der Waals surface area contributed by atoms with Crippen LogP contribution >= 0.6 is 0 Å². The van der Waals surface area contributed by atoms with E-state index in [0.717, 1.165) is 16.5 Å². The largest absolute Gasteiger partial charge is 0.383 e. The van der Waals surface area contributed by atoms with Crippen LogP contribution in [0.25, 0.3) is 10.9 Å². The van der Waals surface area contributed by atoms with E-state index in [1.807, 2.05) is 6.92 Å². The average molecular weight is 160 g/mol. The molecule has 0 fully saturated rings. The third-order valence-corrected chi connectivity index (χ3v) is 1.76. The van der Waals surface area contributed by atoms with Crippen molar-refractivity contribution >= 4 is 16.7 Å². The molecule has 0 aromatic carbocycles. The van der Waals surface area contributed by atoms with Gasteiger partial charge in [0.15, 0.2) is 0 Å². The number of nitrogen functional groups attached to an aromatic ring is 1. The van der Waals surface area contributed by atoms with Crippen LogP contribution < -0.4 is 5.73 Å². The van der Waals surface area contributed by atoms with Gasteiger partial charge < -0.3 is 5.73 Å². The average Bonchev–Trinajstić information content (AvgIpc) is 2.12. The summed E-state index contributed by atoms with van der Waals surface area (Å²) in [6.07, 6.45) is 4.90. The first-order valence-electron chi connectivity index (χ1n) is 3.60. The zero-order chi connectivity index (χ0) is 8.55. The second-order valence-corrected chi connectivity index (χ2v) is 2.61. The molecular formula is C8H8N4. The van der Waals surface area contributed by atoms with Gasteiger partial charge in [-0.15, -0.1) is 0 Å². The van der Waals surface area contributed by atoms with Gasteiger partial charge in [-0.05, 0) is 12.5 Å². The molecule has 4 heteroatoms. The van der Waals surface area contributed by atoms with Crippen molar-refractivity contribution in [1.29, 1.82) is 0 Å². The molecule has 4 nitrogen and oxygen atoms in total. The molecule has 2 heterocycles. The molecule has 2 rings (SSSR count). The van der Waals surface area contributed by atoms with E-state index in [1.165, 1.54) is 6.33 Å². The fourth-order valence-corrected chi connectivity index (χ4v) is 1.13. The molecule has 0 aliphatic heterocycles. The summed E-state index contributed by atoms with van der Waals surface area (Å²) in [5, 5.41) is 0.817. The highest BCUT2D eigenvalue weighted by Gasteiger charge is 2.01. The maximum absolute atomic E-state index is 5.63. The normalized spacial score (nSPS) is 10.4. The molecule has 0 aliphatic carbocycles. The Kier molecular flexibility index (Phi) is 1.40. The molecule has 0 saturated heterocycles. The van der Waals surface area contributed by atoms with E-state index in [-0.39, 0.29) is 0 Å². The Morgan fingerprint density at radius 1 is 1.25 bits per heavy atom. The highest BCUT2D eigenvalue weighted by Crippen LogP contribution is 2.17. The zero-order valence-electron chi connectivity index (χ0n) is 6.65. The summed E-state index contributed by atoms with van der Waals surface area (Å²) in [5.41, 5.74) is 7.52. The summed E-state index contributed by atoms with van der Waals surface area (Å²) in [7, 11) is 0. The molecule has 60 valence electrons. The van der Waals surface area contributed by atoms with Gasteiger partial charge >= 0.3 is 0 Å². The predicted octanol–water partition coefficient (Wildman–Crippen LogP) is 0.915. The molecule has 0 atom stereocenters. The Labute approximate surface area is 69.5 Å². The van der Waals surface area contributed by atoms with Gasteiger partial charge in [0.1, 0.15) is 12.1 Å². The van der Waals surface area contributed by atoms with E-state index in [4.69, 9.17) is 5.73 Å². The van der Waals surface area contributed by atoms with Gasteiger partial charge in [-0.1, -0.05) is 0 Å². The molecule has 12 heavy (non-hydrogen) atoms. The molecule has 0 spiro atoms. The summed E-state index contributed by atoms with van der Waals surface area (Å²) < 4.78 is 0. The lowest BCUT2D eigenvalue weighted by Crippen LogP contribution is -1.94. The number of hydrogen-bond acceptors (Lipinski definition) is 4. The number of rotatable bonds is 0. The molecule has 2 N–H and O–H groups in total. The number of pyridine rings is 1. The fourth-order valence-electron chi connectivity index (χ4n) is 1.13. The van der Waals surface area contributed by atoms with Crippen molar-refractivity contribution in [3.05, 3.63) is 24.3 Å². The maximum atomic E-state index is 5.63. The van der Waals surface area contributed by atoms with Gasteiger partial charge in [0.05, 0.1) is 10.9 Å². The molecule has 2 aromatic heterocycles. The van der Waals surface area contributed by atoms with E-state index >= 15 is 0 Å². The topological polar surface area (TPSA) is 64.7 Å². The van der Waals surface area contributed by atoms with Crippen LogP contribution in [0.4, 0.5) is 5.82 Å². The Bertz CT molecular complexity index is 384. The highest BCUT2D eigenvalue weighted by atomic mass is 14.9. The van der Waals surface area contributed by atoms with Crippen LogP contribution in [0.5, 0.6) is 0 Å². The van der Waals surface area contributed by atoms with Crippen LogP contribution in [0.2, 0.25) is 0 Å². The second kappa shape index (κ2) is 2.41. The fraction of sp³-hybridized carbons (Fsp3) is 0.125. The number of nitrogens with zero attached hydrogens (tertiary/aromatic N) is 3. The maximum Gasteiger partial charge on any atom is 0.134 e. The second-order valence-electron chi connectivity index (χ2n) is 2.61. The quantitative estimate of drug-likeness (QED) is 0.622. The number of fused-ring (bicyclic) bond motifs is 1. The van der Waals surface area contributed by atoms with Gasteiger partial charge in [0.2, 0.25) is 0 Å². The van der Waals surface area contributed by atoms with E-state index in [9.17, 15) is 0 Å². The minimum Gasteiger partial charge on any atom is -0.383 e. The standard InChI is InChI=1S/C8H8N4/c1-5-2-11-8(9)6-3-10-4-12-7(5)6/h2-4H,1H3,(H2,9,11). The van der Waals surface area contributed by atoms with Gasteiger partial charge in [-0.3, -0.25) is 0 Å². The van der Waals surface area contributed by atoms with Gasteiger partial charge in [-0.25, -0.2) is 15.0 Å². The van der Waals surface area contributed by atoms with Crippen molar-refractivity contribution in [2.24, 2.45) is 0 Å². The first-order chi connectivity index (χ1) is 5.79. The lowest BCUT2D eigenvalue weighted by atomic mass is 10.2. The van der Waals surface area contributed by atoms with Crippen LogP contribution in [-0.4, -0.2) is 15.0 Å². The molecule has 0 radical (unpaired) electrons. The van der Waals surface area contributed by atoms with Crippen LogP contribution in [0.15, 0.2) is 18.7 Å². The van der Waals surface area contributed by atoms with Crippen molar-refractivity contribution in [3.63, 3.8) is 0 Å². The van der Waals surface area contributed by atoms with Crippen LogP contribution in [0.3, 0.4) is 0 Å². The lowest BCUT2D eigenvalue weighted by molar-refractivity contribution is 1.19. The Morgan fingerprint density at radius 2 is 2.08 bits per heavy atom. The van der Waals surface area contributed by atoms with Gasteiger partial charge in [0, 0.05) is 12.4 Å². The smallest absolute Gasteiger partial charge is 0.134 e. The number of aryl methyl sites for hydroxylation is 1. The number of anilines is 1. The van der Waals surface area contributed by atoms with Crippen molar-refractivity contribution in [2.75, 3.05) is 5.73 Å². The lowest BCUT2D eigenvalue weighted by Gasteiger charge is -2.00. The molecule has 2 aromatic rings. The third-order valence-electron chi connectivity index (χ3n) is 1.76. The Hall–Kier alpha value is -1.71.